The molecule has 0 aliphatic heterocycles. The van der Waals surface area contributed by atoms with Gasteiger partial charge in [-0.25, -0.2) is 0 Å². The Hall–Kier alpha value is -0.0800. The second-order valence-corrected chi connectivity index (χ2v) is 3.80. The highest BCUT2D eigenvalue weighted by atomic mass is 15.1. The molecule has 0 saturated carbocycles. The van der Waals surface area contributed by atoms with Gasteiger partial charge in [0.2, 0.25) is 0 Å². The van der Waals surface area contributed by atoms with Crippen LogP contribution in [-0.2, 0) is 0 Å². The summed E-state index contributed by atoms with van der Waals surface area (Å²) in [7, 11) is 4.20. The van der Waals surface area contributed by atoms with Gasteiger partial charge in [0.15, 0.2) is 0 Å². The summed E-state index contributed by atoms with van der Waals surface area (Å²) in [4.78, 5) is 2.21. The van der Waals surface area contributed by atoms with E-state index in [1.54, 1.807) is 0 Å². The van der Waals surface area contributed by atoms with Crippen LogP contribution in [0.4, 0.5) is 0 Å². The monoisotopic (exact) mass is 132 g/mol. The van der Waals surface area contributed by atoms with Crippen molar-refractivity contribution in [3.63, 3.8) is 0 Å². The third-order valence-corrected chi connectivity index (χ3v) is 0.791. The molecule has 9 heavy (non-hydrogen) atoms. The molecule has 0 aromatic carbocycles. The van der Waals surface area contributed by atoms with E-state index in [0.717, 1.165) is 6.54 Å². The molecule has 0 bridgehead atoms. The van der Waals surface area contributed by atoms with Crippen molar-refractivity contribution in [2.75, 3.05) is 20.6 Å². The highest BCUT2D eigenvalue weighted by Crippen LogP contribution is 2.12. The molecule has 0 aromatic heterocycles. The third kappa shape index (κ3) is 11.5. The predicted molar refractivity (Wildman–Crippen MR) is 43.0 cm³/mol. The molecular formula is C7H20N2. The van der Waals surface area contributed by atoms with Crippen molar-refractivity contribution in [2.24, 2.45) is 5.41 Å². The quantitative estimate of drug-likeness (QED) is 0.590. The first-order chi connectivity index (χ1) is 3.42. The van der Waals surface area contributed by atoms with Crippen molar-refractivity contribution in [3.05, 3.63) is 0 Å². The maximum atomic E-state index is 2.24. The van der Waals surface area contributed by atoms with E-state index in [2.05, 4.69) is 39.8 Å². The maximum absolute atomic E-state index is 2.24. The second kappa shape index (κ2) is 3.85. The summed E-state index contributed by atoms with van der Waals surface area (Å²) in [6.07, 6.45) is 0. The Morgan fingerprint density at radius 2 is 1.44 bits per heavy atom. The van der Waals surface area contributed by atoms with Gasteiger partial charge >= 0.3 is 0 Å². The Labute approximate surface area is 58.8 Å². The van der Waals surface area contributed by atoms with Gasteiger partial charge in [-0.05, 0) is 19.5 Å². The molecule has 0 aliphatic rings. The zero-order valence-corrected chi connectivity index (χ0v) is 7.36. The molecule has 0 atom stereocenters. The number of hydrogen-bond donors (Lipinski definition) is 1. The Morgan fingerprint density at radius 1 is 1.11 bits per heavy atom. The van der Waals surface area contributed by atoms with E-state index in [-0.39, 0.29) is 6.15 Å². The average Bonchev–Trinajstić information content (AvgIpc) is 1.21. The van der Waals surface area contributed by atoms with Crippen molar-refractivity contribution in [2.45, 2.75) is 20.8 Å². The van der Waals surface area contributed by atoms with Crippen LogP contribution in [0.25, 0.3) is 0 Å². The maximum Gasteiger partial charge on any atom is 0.00239 e. The van der Waals surface area contributed by atoms with Crippen molar-refractivity contribution in [1.82, 2.24) is 11.1 Å². The molecule has 0 amide bonds. The Balaban J connectivity index is 0. The fourth-order valence-corrected chi connectivity index (χ4v) is 0.949. The zero-order chi connectivity index (χ0) is 6.78. The Bertz CT molecular complexity index is 61.8. The van der Waals surface area contributed by atoms with Crippen LogP contribution in [-0.4, -0.2) is 25.5 Å². The lowest BCUT2D eigenvalue weighted by atomic mass is 9.97. The normalized spacial score (nSPS) is 11.3. The molecular weight excluding hydrogens is 112 g/mol. The third-order valence-electron chi connectivity index (χ3n) is 0.791. The van der Waals surface area contributed by atoms with Gasteiger partial charge in [-0.15, -0.1) is 0 Å². The van der Waals surface area contributed by atoms with Gasteiger partial charge in [0, 0.05) is 6.54 Å². The lowest BCUT2D eigenvalue weighted by Gasteiger charge is -2.22. The minimum absolute atomic E-state index is 0. The highest BCUT2D eigenvalue weighted by molar-refractivity contribution is 4.63. The van der Waals surface area contributed by atoms with Crippen LogP contribution < -0.4 is 6.15 Å². The molecule has 3 N–H and O–H groups in total. The van der Waals surface area contributed by atoms with Crippen LogP contribution in [0.5, 0.6) is 0 Å². The predicted octanol–water partition coefficient (Wildman–Crippen LogP) is 1.76. The lowest BCUT2D eigenvalue weighted by molar-refractivity contribution is 0.263. The molecule has 0 heterocycles. The highest BCUT2D eigenvalue weighted by Gasteiger charge is 2.09. The number of nitrogens with zero attached hydrogens (tertiary/aromatic N) is 1. The molecule has 0 spiro atoms. The number of hydrogen-bond acceptors (Lipinski definition) is 2. The fraction of sp³-hybridized carbons (Fsp3) is 1.00. The molecule has 0 radical (unpaired) electrons. The van der Waals surface area contributed by atoms with Crippen LogP contribution in [0, 0.1) is 5.41 Å². The zero-order valence-electron chi connectivity index (χ0n) is 7.36. The SMILES string of the molecule is CN(C)CC(C)(C)C.N. The molecule has 0 aromatic rings. The average molecular weight is 132 g/mol. The van der Waals surface area contributed by atoms with E-state index < -0.39 is 0 Å². The summed E-state index contributed by atoms with van der Waals surface area (Å²) >= 11 is 0. The first-order valence-corrected chi connectivity index (χ1v) is 3.06. The Morgan fingerprint density at radius 3 is 1.44 bits per heavy atom. The van der Waals surface area contributed by atoms with Crippen LogP contribution in [0.3, 0.4) is 0 Å². The van der Waals surface area contributed by atoms with Crippen molar-refractivity contribution < 1.29 is 0 Å². The first-order valence-electron chi connectivity index (χ1n) is 3.06. The summed E-state index contributed by atoms with van der Waals surface area (Å²) in [5.41, 5.74) is 0.448. The van der Waals surface area contributed by atoms with Gasteiger partial charge in [0.25, 0.3) is 0 Å². The van der Waals surface area contributed by atoms with E-state index in [0.29, 0.717) is 5.41 Å². The molecule has 2 heteroatoms. The van der Waals surface area contributed by atoms with E-state index >= 15 is 0 Å². The minimum Gasteiger partial charge on any atom is -0.344 e. The van der Waals surface area contributed by atoms with Crippen molar-refractivity contribution in [1.29, 1.82) is 0 Å². The van der Waals surface area contributed by atoms with Crippen LogP contribution >= 0.6 is 0 Å². The van der Waals surface area contributed by atoms with Gasteiger partial charge in [-0.2, -0.15) is 0 Å². The number of rotatable bonds is 1. The Kier molecular flexibility index (Phi) is 5.00. The summed E-state index contributed by atoms with van der Waals surface area (Å²) in [6, 6.07) is 0. The summed E-state index contributed by atoms with van der Waals surface area (Å²) in [5.74, 6) is 0. The van der Waals surface area contributed by atoms with Gasteiger partial charge in [-0.3, -0.25) is 0 Å². The van der Waals surface area contributed by atoms with Gasteiger partial charge in [0.05, 0.1) is 0 Å². The molecule has 0 rings (SSSR count). The lowest BCUT2D eigenvalue weighted by Crippen LogP contribution is -2.25. The van der Waals surface area contributed by atoms with E-state index in [4.69, 9.17) is 0 Å². The molecule has 58 valence electrons. The summed E-state index contributed by atoms with van der Waals surface area (Å²) in [6.45, 7) is 7.89. The van der Waals surface area contributed by atoms with E-state index in [9.17, 15) is 0 Å². The van der Waals surface area contributed by atoms with Gasteiger partial charge in [0.1, 0.15) is 0 Å². The molecule has 0 aliphatic carbocycles. The van der Waals surface area contributed by atoms with E-state index in [1.807, 2.05) is 0 Å². The van der Waals surface area contributed by atoms with Crippen LogP contribution in [0.15, 0.2) is 0 Å². The topological polar surface area (TPSA) is 38.2 Å². The summed E-state index contributed by atoms with van der Waals surface area (Å²) < 4.78 is 0. The minimum atomic E-state index is 0. The summed E-state index contributed by atoms with van der Waals surface area (Å²) in [5, 5.41) is 0. The molecule has 0 fully saturated rings. The van der Waals surface area contributed by atoms with E-state index in [1.165, 1.54) is 0 Å². The van der Waals surface area contributed by atoms with Crippen LogP contribution in [0.1, 0.15) is 20.8 Å². The standard InChI is InChI=1S/C7H17N.H3N/c1-7(2,3)6-8(4)5;/h6H2,1-5H3;1H3. The van der Waals surface area contributed by atoms with Crippen molar-refractivity contribution >= 4 is 0 Å². The van der Waals surface area contributed by atoms with Crippen LogP contribution in [0.2, 0.25) is 0 Å². The molecule has 2 nitrogen and oxygen atoms in total. The largest absolute Gasteiger partial charge is 0.344 e. The van der Waals surface area contributed by atoms with Crippen molar-refractivity contribution in [3.8, 4) is 0 Å². The first kappa shape index (κ1) is 11.7. The fourth-order valence-electron chi connectivity index (χ4n) is 0.949. The van der Waals surface area contributed by atoms with Gasteiger partial charge < -0.3 is 11.1 Å². The molecule has 0 unspecified atom stereocenters. The van der Waals surface area contributed by atoms with Gasteiger partial charge in [-0.1, -0.05) is 20.8 Å². The second-order valence-electron chi connectivity index (χ2n) is 3.80. The molecule has 0 saturated heterocycles. The smallest absolute Gasteiger partial charge is 0.00239 e.